The molecule has 0 amide bonds. The van der Waals surface area contributed by atoms with E-state index in [1.165, 1.54) is 25.7 Å². The SMILES string of the molecule is C[C@]12[C@@H](CC[C@@H]3[C@@H]1CC[C@]1(C)C(=O)CC[C@@H]31)CC(=O)[C@@H]1C[C@@H]12. The highest BCUT2D eigenvalue weighted by molar-refractivity contribution is 5.87. The Balaban J connectivity index is 1.51. The molecule has 5 rings (SSSR count). The van der Waals surface area contributed by atoms with Crippen LogP contribution in [0.1, 0.15) is 65.2 Å². The van der Waals surface area contributed by atoms with Crippen LogP contribution in [0.15, 0.2) is 0 Å². The molecule has 0 radical (unpaired) electrons. The molecule has 0 bridgehead atoms. The van der Waals surface area contributed by atoms with Crippen LogP contribution < -0.4 is 0 Å². The van der Waals surface area contributed by atoms with Gasteiger partial charge in [0.1, 0.15) is 11.6 Å². The Morgan fingerprint density at radius 1 is 0.955 bits per heavy atom. The molecule has 0 spiro atoms. The van der Waals surface area contributed by atoms with Crippen molar-refractivity contribution in [1.29, 1.82) is 0 Å². The van der Waals surface area contributed by atoms with E-state index in [0.29, 0.717) is 40.7 Å². The highest BCUT2D eigenvalue weighted by atomic mass is 16.1. The largest absolute Gasteiger partial charge is 0.299 e. The summed E-state index contributed by atoms with van der Waals surface area (Å²) in [6, 6.07) is 0. The molecule has 120 valence electrons. The Kier molecular flexibility index (Phi) is 2.53. The Bertz CT molecular complexity index is 566. The van der Waals surface area contributed by atoms with Crippen LogP contribution in [0.3, 0.4) is 0 Å². The van der Waals surface area contributed by atoms with Crippen molar-refractivity contribution in [2.24, 2.45) is 46.3 Å². The van der Waals surface area contributed by atoms with Gasteiger partial charge in [0.2, 0.25) is 0 Å². The first kappa shape index (κ1) is 13.7. The van der Waals surface area contributed by atoms with E-state index in [4.69, 9.17) is 0 Å². The van der Waals surface area contributed by atoms with Gasteiger partial charge in [0, 0.05) is 24.2 Å². The Labute approximate surface area is 133 Å². The van der Waals surface area contributed by atoms with Crippen molar-refractivity contribution >= 4 is 11.6 Å². The van der Waals surface area contributed by atoms with Gasteiger partial charge in [-0.15, -0.1) is 0 Å². The van der Waals surface area contributed by atoms with E-state index >= 15 is 0 Å². The average Bonchev–Trinajstić information content (AvgIpc) is 3.24. The molecule has 5 aliphatic rings. The van der Waals surface area contributed by atoms with Gasteiger partial charge in [0.05, 0.1) is 0 Å². The third-order valence-electron chi connectivity index (χ3n) is 9.12. The molecule has 2 nitrogen and oxygen atoms in total. The third kappa shape index (κ3) is 1.43. The standard InChI is InChI=1S/C20H28O2/c1-19-8-7-15-12(14(19)5-6-18(19)22)4-3-11-9-17(21)13-10-16(13)20(11,15)2/h11-16H,3-10H2,1-2H3/t11-,12-,13+,14-,15-,16-,19-,20-/m0/s1. The molecule has 0 heterocycles. The highest BCUT2D eigenvalue weighted by Gasteiger charge is 2.67. The van der Waals surface area contributed by atoms with E-state index in [1.807, 2.05) is 0 Å². The first-order chi connectivity index (χ1) is 10.5. The fourth-order valence-corrected chi connectivity index (χ4v) is 7.77. The predicted molar refractivity (Wildman–Crippen MR) is 84.1 cm³/mol. The van der Waals surface area contributed by atoms with Gasteiger partial charge >= 0.3 is 0 Å². The summed E-state index contributed by atoms with van der Waals surface area (Å²) in [5.74, 6) is 5.07. The van der Waals surface area contributed by atoms with Crippen molar-refractivity contribution in [1.82, 2.24) is 0 Å². The van der Waals surface area contributed by atoms with Crippen molar-refractivity contribution in [3.8, 4) is 0 Å². The van der Waals surface area contributed by atoms with Crippen LogP contribution in [0.2, 0.25) is 0 Å². The van der Waals surface area contributed by atoms with E-state index in [-0.39, 0.29) is 5.41 Å². The third-order valence-corrected chi connectivity index (χ3v) is 9.12. The van der Waals surface area contributed by atoms with Crippen molar-refractivity contribution in [2.75, 3.05) is 0 Å². The van der Waals surface area contributed by atoms with Crippen LogP contribution in [-0.4, -0.2) is 11.6 Å². The predicted octanol–water partition coefficient (Wildman–Crippen LogP) is 4.02. The number of hydrogen-bond donors (Lipinski definition) is 0. The zero-order valence-corrected chi connectivity index (χ0v) is 13.9. The maximum atomic E-state index is 12.4. The molecular weight excluding hydrogens is 272 g/mol. The molecule has 5 aliphatic carbocycles. The molecule has 0 aliphatic heterocycles. The van der Waals surface area contributed by atoms with Gasteiger partial charge in [-0.2, -0.15) is 0 Å². The first-order valence-electron chi connectivity index (χ1n) is 9.52. The van der Waals surface area contributed by atoms with E-state index in [0.717, 1.165) is 37.5 Å². The van der Waals surface area contributed by atoms with Crippen LogP contribution in [0, 0.1) is 46.3 Å². The molecule has 0 saturated heterocycles. The van der Waals surface area contributed by atoms with E-state index in [2.05, 4.69) is 13.8 Å². The molecule has 22 heavy (non-hydrogen) atoms. The fourth-order valence-electron chi connectivity index (χ4n) is 7.77. The maximum absolute atomic E-state index is 12.4. The Morgan fingerprint density at radius 3 is 2.59 bits per heavy atom. The summed E-state index contributed by atoms with van der Waals surface area (Å²) in [6.07, 6.45) is 8.90. The van der Waals surface area contributed by atoms with Gasteiger partial charge in [-0.05, 0) is 73.5 Å². The Hall–Kier alpha value is -0.660. The highest BCUT2D eigenvalue weighted by Crippen LogP contribution is 2.71. The number of rotatable bonds is 0. The lowest BCUT2D eigenvalue weighted by Gasteiger charge is -2.59. The van der Waals surface area contributed by atoms with Crippen LogP contribution in [-0.2, 0) is 9.59 Å². The van der Waals surface area contributed by atoms with E-state index in [1.54, 1.807) is 0 Å². The van der Waals surface area contributed by atoms with Crippen LogP contribution >= 0.6 is 0 Å². The number of hydrogen-bond acceptors (Lipinski definition) is 2. The second kappa shape index (κ2) is 4.05. The summed E-state index contributed by atoms with van der Waals surface area (Å²) in [6.45, 7) is 4.80. The van der Waals surface area contributed by atoms with Crippen molar-refractivity contribution in [3.05, 3.63) is 0 Å². The molecule has 5 fully saturated rings. The monoisotopic (exact) mass is 300 g/mol. The zero-order chi connectivity index (χ0) is 15.3. The van der Waals surface area contributed by atoms with Gasteiger partial charge in [0.15, 0.2) is 0 Å². The number of carbonyl (C=O) groups excluding carboxylic acids is 2. The van der Waals surface area contributed by atoms with Gasteiger partial charge in [-0.1, -0.05) is 13.8 Å². The molecule has 0 aromatic rings. The Morgan fingerprint density at radius 2 is 1.77 bits per heavy atom. The lowest BCUT2D eigenvalue weighted by molar-refractivity contribution is -0.146. The number of ketones is 2. The smallest absolute Gasteiger partial charge is 0.139 e. The molecular formula is C20H28O2. The van der Waals surface area contributed by atoms with Gasteiger partial charge in [-0.3, -0.25) is 9.59 Å². The quantitative estimate of drug-likeness (QED) is 0.677. The summed E-state index contributed by atoms with van der Waals surface area (Å²) in [7, 11) is 0. The summed E-state index contributed by atoms with van der Waals surface area (Å²) >= 11 is 0. The van der Waals surface area contributed by atoms with Crippen LogP contribution in [0.25, 0.3) is 0 Å². The van der Waals surface area contributed by atoms with Gasteiger partial charge in [0.25, 0.3) is 0 Å². The summed E-state index contributed by atoms with van der Waals surface area (Å²) < 4.78 is 0. The van der Waals surface area contributed by atoms with Crippen LogP contribution in [0.5, 0.6) is 0 Å². The lowest BCUT2D eigenvalue weighted by atomic mass is 9.45. The fraction of sp³-hybridized carbons (Fsp3) is 0.900. The molecule has 0 N–H and O–H groups in total. The number of carbonyl (C=O) groups is 2. The second-order valence-electron chi connectivity index (χ2n) is 9.55. The minimum Gasteiger partial charge on any atom is -0.299 e. The lowest BCUT2D eigenvalue weighted by Crippen LogP contribution is -2.54. The number of Topliss-reactive ketones (excluding diaryl/α,β-unsaturated/α-hetero) is 2. The molecule has 5 saturated carbocycles. The van der Waals surface area contributed by atoms with E-state index < -0.39 is 0 Å². The minimum atomic E-state index is -0.00218. The molecule has 0 aromatic carbocycles. The number of fused-ring (bicyclic) bond motifs is 7. The molecule has 0 unspecified atom stereocenters. The minimum absolute atomic E-state index is 0.00218. The molecule has 8 atom stereocenters. The second-order valence-corrected chi connectivity index (χ2v) is 9.55. The summed E-state index contributed by atoms with van der Waals surface area (Å²) in [4.78, 5) is 24.7. The molecule has 2 heteroatoms. The first-order valence-corrected chi connectivity index (χ1v) is 9.52. The topological polar surface area (TPSA) is 34.1 Å². The van der Waals surface area contributed by atoms with Gasteiger partial charge in [-0.25, -0.2) is 0 Å². The normalized spacial score (nSPS) is 59.4. The summed E-state index contributed by atoms with van der Waals surface area (Å²) in [5, 5.41) is 0. The summed E-state index contributed by atoms with van der Waals surface area (Å²) in [5.41, 5.74) is 0.409. The van der Waals surface area contributed by atoms with Crippen molar-refractivity contribution < 1.29 is 9.59 Å². The zero-order valence-electron chi connectivity index (χ0n) is 13.9. The van der Waals surface area contributed by atoms with E-state index in [9.17, 15) is 9.59 Å². The van der Waals surface area contributed by atoms with Gasteiger partial charge < -0.3 is 0 Å². The van der Waals surface area contributed by atoms with Crippen molar-refractivity contribution in [2.45, 2.75) is 65.2 Å². The van der Waals surface area contributed by atoms with Crippen molar-refractivity contribution in [3.63, 3.8) is 0 Å². The average molecular weight is 300 g/mol. The maximum Gasteiger partial charge on any atom is 0.139 e. The molecule has 0 aromatic heterocycles. The van der Waals surface area contributed by atoms with Crippen LogP contribution in [0.4, 0.5) is 0 Å².